The van der Waals surface area contributed by atoms with Crippen molar-refractivity contribution in [2.45, 2.75) is 20.0 Å². The zero-order chi connectivity index (χ0) is 18.7. The van der Waals surface area contributed by atoms with Gasteiger partial charge in [0.25, 0.3) is 0 Å². The third-order valence-corrected chi connectivity index (χ3v) is 3.98. The molecule has 3 aromatic rings. The average molecular weight is 352 g/mol. The van der Waals surface area contributed by atoms with E-state index in [1.807, 2.05) is 42.2 Å². The molecule has 1 amide bonds. The summed E-state index contributed by atoms with van der Waals surface area (Å²) in [7, 11) is 1.48. The fraction of sp³-hybridized carbons (Fsp3) is 0.211. The second kappa shape index (κ2) is 7.26. The second-order valence-electron chi connectivity index (χ2n) is 5.82. The van der Waals surface area contributed by atoms with Gasteiger partial charge in [0.05, 0.1) is 12.6 Å². The number of fused-ring (bicyclic) bond motifs is 1. The Balaban J connectivity index is 2.20. The van der Waals surface area contributed by atoms with E-state index in [0.29, 0.717) is 22.5 Å². The Morgan fingerprint density at radius 2 is 1.96 bits per heavy atom. The van der Waals surface area contributed by atoms with Gasteiger partial charge in [-0.1, -0.05) is 18.2 Å². The number of aromatic hydroxyl groups is 1. The molecule has 26 heavy (non-hydrogen) atoms. The van der Waals surface area contributed by atoms with E-state index in [-0.39, 0.29) is 17.8 Å². The number of phenols is 1. The minimum absolute atomic E-state index is 0.00348. The molecule has 0 aliphatic heterocycles. The van der Waals surface area contributed by atoms with Gasteiger partial charge in [-0.3, -0.25) is 4.79 Å². The van der Waals surface area contributed by atoms with E-state index in [9.17, 15) is 9.90 Å². The number of carbonyl (C=O) groups is 1. The van der Waals surface area contributed by atoms with Crippen LogP contribution in [0.4, 0.5) is 11.5 Å². The third kappa shape index (κ3) is 3.37. The molecule has 1 heterocycles. The van der Waals surface area contributed by atoms with Gasteiger partial charge >= 0.3 is 0 Å². The van der Waals surface area contributed by atoms with Crippen LogP contribution in [0, 0.1) is 0 Å². The highest BCUT2D eigenvalue weighted by molar-refractivity contribution is 5.94. The van der Waals surface area contributed by atoms with Crippen LogP contribution in [0.2, 0.25) is 0 Å². The lowest BCUT2D eigenvalue weighted by atomic mass is 10.1. The molecule has 7 nitrogen and oxygen atoms in total. The maximum Gasteiger partial charge on any atom is 0.218 e. The highest BCUT2D eigenvalue weighted by Crippen LogP contribution is 2.36. The first-order chi connectivity index (χ1) is 12.5. The van der Waals surface area contributed by atoms with Gasteiger partial charge in [-0.15, -0.1) is 0 Å². The Labute approximate surface area is 151 Å². The van der Waals surface area contributed by atoms with Crippen molar-refractivity contribution >= 4 is 28.3 Å². The molecule has 1 aromatic heterocycles. The van der Waals surface area contributed by atoms with E-state index in [1.54, 1.807) is 12.1 Å². The van der Waals surface area contributed by atoms with Crippen molar-refractivity contribution in [1.82, 2.24) is 15.3 Å². The van der Waals surface area contributed by atoms with Crippen LogP contribution in [0.15, 0.2) is 48.8 Å². The van der Waals surface area contributed by atoms with Crippen LogP contribution in [0.25, 0.3) is 10.9 Å². The summed E-state index contributed by atoms with van der Waals surface area (Å²) in [5, 5.41) is 13.7. The average Bonchev–Trinajstić information content (AvgIpc) is 2.62. The molecule has 0 fully saturated rings. The normalized spacial score (nSPS) is 11.8. The Bertz CT molecular complexity index is 931. The Hall–Kier alpha value is -3.35. The monoisotopic (exact) mass is 352 g/mol. The third-order valence-electron chi connectivity index (χ3n) is 3.98. The lowest BCUT2D eigenvalue weighted by Crippen LogP contribution is -2.43. The van der Waals surface area contributed by atoms with Gasteiger partial charge in [-0.05, 0) is 25.1 Å². The molecular formula is C19H20N4O3. The van der Waals surface area contributed by atoms with E-state index in [2.05, 4.69) is 15.3 Å². The molecule has 3 rings (SSSR count). The number of anilines is 2. The summed E-state index contributed by atoms with van der Waals surface area (Å²) in [6, 6.07) is 12.8. The van der Waals surface area contributed by atoms with Crippen LogP contribution in [0.5, 0.6) is 11.5 Å². The van der Waals surface area contributed by atoms with Crippen molar-refractivity contribution < 1.29 is 14.6 Å². The number of aromatic nitrogens is 2. The fourth-order valence-corrected chi connectivity index (χ4v) is 2.89. The number of hydrogen-bond acceptors (Lipinski definition) is 6. The molecule has 0 aliphatic carbocycles. The van der Waals surface area contributed by atoms with E-state index in [4.69, 9.17) is 4.74 Å². The number of para-hydroxylation sites is 1. The molecular weight excluding hydrogens is 332 g/mol. The Morgan fingerprint density at radius 1 is 1.23 bits per heavy atom. The molecule has 0 radical (unpaired) electrons. The van der Waals surface area contributed by atoms with E-state index in [1.165, 1.54) is 20.4 Å². The van der Waals surface area contributed by atoms with Gasteiger partial charge in [-0.25, -0.2) is 9.97 Å². The molecule has 0 bridgehead atoms. The van der Waals surface area contributed by atoms with Crippen molar-refractivity contribution in [3.05, 3.63) is 48.8 Å². The first-order valence-electron chi connectivity index (χ1n) is 8.14. The minimum atomic E-state index is -0.364. The van der Waals surface area contributed by atoms with Crippen molar-refractivity contribution in [1.29, 1.82) is 0 Å². The number of phenolic OH excluding ortho intramolecular Hbond substituents is 1. The number of carbonyl (C=O) groups excluding carboxylic acids is 1. The van der Waals surface area contributed by atoms with E-state index >= 15 is 0 Å². The van der Waals surface area contributed by atoms with Gasteiger partial charge in [0.15, 0.2) is 11.5 Å². The van der Waals surface area contributed by atoms with Crippen LogP contribution in [-0.2, 0) is 4.79 Å². The smallest absolute Gasteiger partial charge is 0.218 e. The molecule has 0 saturated heterocycles. The van der Waals surface area contributed by atoms with Gasteiger partial charge in [-0.2, -0.15) is 0 Å². The molecule has 0 saturated carbocycles. The van der Waals surface area contributed by atoms with Crippen molar-refractivity contribution in [2.24, 2.45) is 0 Å². The largest absolute Gasteiger partial charge is 0.504 e. The lowest BCUT2D eigenvalue weighted by Gasteiger charge is -2.31. The molecule has 0 aliphatic rings. The number of hydrogen-bond donors (Lipinski definition) is 2. The van der Waals surface area contributed by atoms with Crippen LogP contribution in [-0.4, -0.2) is 34.3 Å². The lowest BCUT2D eigenvalue weighted by molar-refractivity contribution is -0.119. The predicted molar refractivity (Wildman–Crippen MR) is 99.6 cm³/mol. The summed E-state index contributed by atoms with van der Waals surface area (Å²) in [6.07, 6.45) is 1.09. The van der Waals surface area contributed by atoms with Crippen molar-refractivity contribution in [3.8, 4) is 11.5 Å². The number of nitrogens with zero attached hydrogens (tertiary/aromatic N) is 3. The van der Waals surface area contributed by atoms with Crippen LogP contribution < -0.4 is 15.0 Å². The first kappa shape index (κ1) is 17.5. The van der Waals surface area contributed by atoms with Gasteiger partial charge in [0.1, 0.15) is 18.3 Å². The van der Waals surface area contributed by atoms with Crippen LogP contribution in [0.1, 0.15) is 13.8 Å². The zero-order valence-corrected chi connectivity index (χ0v) is 14.8. The molecule has 7 heteroatoms. The Kier molecular flexibility index (Phi) is 4.88. The molecule has 1 atom stereocenters. The maximum atomic E-state index is 11.6. The highest BCUT2D eigenvalue weighted by Gasteiger charge is 2.22. The summed E-state index contributed by atoms with van der Waals surface area (Å²) < 4.78 is 5.16. The summed E-state index contributed by atoms with van der Waals surface area (Å²) in [4.78, 5) is 22.2. The van der Waals surface area contributed by atoms with Gasteiger partial charge in [0.2, 0.25) is 5.91 Å². The minimum Gasteiger partial charge on any atom is -0.504 e. The van der Waals surface area contributed by atoms with Crippen molar-refractivity contribution in [3.63, 3.8) is 0 Å². The Morgan fingerprint density at radius 3 is 2.62 bits per heavy atom. The van der Waals surface area contributed by atoms with E-state index < -0.39 is 0 Å². The highest BCUT2D eigenvalue weighted by atomic mass is 16.5. The number of ether oxygens (including phenoxy) is 1. The summed E-state index contributed by atoms with van der Waals surface area (Å²) in [5.74, 6) is 0.751. The number of nitrogens with one attached hydrogen (secondary N) is 1. The SMILES string of the molecule is COc1cc2ncnc(N(c3ccccc3)C(C)NC(C)=O)c2cc1O. The predicted octanol–water partition coefficient (Wildman–Crippen LogP) is 2.96. The number of amides is 1. The number of benzene rings is 2. The van der Waals surface area contributed by atoms with Gasteiger partial charge in [0, 0.05) is 24.1 Å². The fourth-order valence-electron chi connectivity index (χ4n) is 2.89. The standard InChI is InChI=1S/C19H20N4O3/c1-12(22-13(2)24)23(14-7-5-4-6-8-14)19-15-9-17(25)18(26-3)10-16(15)20-11-21-19/h4-12,25H,1-3H3,(H,22,24). The molecule has 1 unspecified atom stereocenters. The van der Waals surface area contributed by atoms with Crippen LogP contribution >= 0.6 is 0 Å². The molecule has 0 spiro atoms. The molecule has 2 aromatic carbocycles. The first-order valence-corrected chi connectivity index (χ1v) is 8.14. The quantitative estimate of drug-likeness (QED) is 0.687. The topological polar surface area (TPSA) is 87.6 Å². The molecule has 2 N–H and O–H groups in total. The number of methoxy groups -OCH3 is 1. The second-order valence-corrected chi connectivity index (χ2v) is 5.82. The van der Waals surface area contributed by atoms with Gasteiger partial charge < -0.3 is 20.1 Å². The van der Waals surface area contributed by atoms with Crippen molar-refractivity contribution in [2.75, 3.05) is 12.0 Å². The maximum absolute atomic E-state index is 11.6. The summed E-state index contributed by atoms with van der Waals surface area (Å²) >= 11 is 0. The number of rotatable bonds is 5. The summed E-state index contributed by atoms with van der Waals surface area (Å²) in [6.45, 7) is 3.33. The zero-order valence-electron chi connectivity index (χ0n) is 14.8. The summed E-state index contributed by atoms with van der Waals surface area (Å²) in [5.41, 5.74) is 1.48. The van der Waals surface area contributed by atoms with E-state index in [0.717, 1.165) is 5.69 Å². The molecule has 134 valence electrons. The van der Waals surface area contributed by atoms with Crippen LogP contribution in [0.3, 0.4) is 0 Å².